The first-order valence-electron chi connectivity index (χ1n) is 19.9. The quantitative estimate of drug-likeness (QED) is 0.0719. The summed E-state index contributed by atoms with van der Waals surface area (Å²) in [6.45, 7) is 10.4. The number of allylic oxidation sites excluding steroid dienone is 1. The van der Waals surface area contributed by atoms with Gasteiger partial charge in [0.25, 0.3) is 0 Å². The maximum absolute atomic E-state index is 14.0. The van der Waals surface area contributed by atoms with Gasteiger partial charge in [0.2, 0.25) is 6.10 Å². The Hall–Kier alpha value is -2.34. The third-order valence-electron chi connectivity index (χ3n) is 14.1. The van der Waals surface area contributed by atoms with Crippen molar-refractivity contribution in [3.63, 3.8) is 0 Å². The van der Waals surface area contributed by atoms with Crippen molar-refractivity contribution >= 4 is 24.2 Å². The molecule has 1 N–H and O–H groups in total. The summed E-state index contributed by atoms with van der Waals surface area (Å²) < 4.78 is 37.9. The summed E-state index contributed by atoms with van der Waals surface area (Å²) in [6.07, 6.45) is 9.06. The van der Waals surface area contributed by atoms with E-state index >= 15 is 0 Å². The second-order valence-electron chi connectivity index (χ2n) is 17.0. The van der Waals surface area contributed by atoms with E-state index in [9.17, 15) is 24.3 Å². The summed E-state index contributed by atoms with van der Waals surface area (Å²) in [5, 5.41) is 11.4. The third kappa shape index (κ3) is 5.32. The van der Waals surface area contributed by atoms with Gasteiger partial charge in [-0.2, -0.15) is 0 Å². The summed E-state index contributed by atoms with van der Waals surface area (Å²) in [7, 11) is 0. The number of ether oxygens (including phenoxy) is 6. The molecule has 4 aliphatic carbocycles. The van der Waals surface area contributed by atoms with Gasteiger partial charge in [0.1, 0.15) is 17.8 Å². The van der Waals surface area contributed by atoms with Gasteiger partial charge in [0.15, 0.2) is 18.5 Å². The number of aldehydes is 1. The van der Waals surface area contributed by atoms with Crippen molar-refractivity contribution in [2.75, 3.05) is 6.61 Å². The first-order chi connectivity index (χ1) is 24.4. The fourth-order valence-corrected chi connectivity index (χ4v) is 11.9. The van der Waals surface area contributed by atoms with Crippen molar-refractivity contribution < 1.29 is 52.7 Å². The number of carbonyl (C=O) groups excluding carboxylic acids is 3. The number of carboxylic acid groups (broad SMARTS) is 1. The van der Waals surface area contributed by atoms with Gasteiger partial charge in [0.05, 0.1) is 12.0 Å². The van der Waals surface area contributed by atoms with Gasteiger partial charge in [-0.3, -0.25) is 19.1 Å². The highest BCUT2D eigenvalue weighted by Crippen LogP contribution is 2.82. The van der Waals surface area contributed by atoms with Crippen molar-refractivity contribution in [3.05, 3.63) is 11.6 Å². The van der Waals surface area contributed by atoms with E-state index in [1.165, 1.54) is 0 Å². The number of hydrogen-bond donors (Lipinski definition) is 1. The van der Waals surface area contributed by atoms with E-state index in [0.717, 1.165) is 63.2 Å². The normalized spacial score (nSPS) is 43.8. The average molecular weight is 715 g/mol. The van der Waals surface area contributed by atoms with Crippen LogP contribution < -0.4 is 0 Å². The molecule has 13 unspecified atom stereocenters. The van der Waals surface area contributed by atoms with Gasteiger partial charge in [-0.05, 0) is 61.7 Å². The molecular formula is C40H58O11. The number of carbonyl (C=O) groups is 4. The average Bonchev–Trinajstić information content (AvgIpc) is 3.83. The Morgan fingerprint density at radius 3 is 2.25 bits per heavy atom. The minimum absolute atomic E-state index is 0.0160. The lowest BCUT2D eigenvalue weighted by molar-refractivity contribution is -0.447. The lowest BCUT2D eigenvalue weighted by Gasteiger charge is -2.58. The van der Waals surface area contributed by atoms with Crippen LogP contribution in [0.25, 0.3) is 0 Å². The van der Waals surface area contributed by atoms with Crippen LogP contribution in [0.3, 0.4) is 0 Å². The number of rotatable bonds is 18. The molecule has 3 saturated carbocycles. The molecule has 0 radical (unpaired) electrons. The first-order valence-corrected chi connectivity index (χ1v) is 19.9. The van der Waals surface area contributed by atoms with E-state index in [1.807, 2.05) is 13.8 Å². The summed E-state index contributed by atoms with van der Waals surface area (Å²) in [5.41, 5.74) is -2.64. The number of unbranched alkanes of at least 4 members (excludes halogenated alkanes) is 6. The van der Waals surface area contributed by atoms with Crippen molar-refractivity contribution in [2.24, 2.45) is 45.8 Å². The zero-order valence-electron chi connectivity index (χ0n) is 31.1. The van der Waals surface area contributed by atoms with E-state index in [-0.39, 0.29) is 49.1 Å². The van der Waals surface area contributed by atoms with E-state index in [0.29, 0.717) is 31.6 Å². The number of esters is 2. The van der Waals surface area contributed by atoms with Crippen molar-refractivity contribution in [1.29, 1.82) is 0 Å². The van der Waals surface area contributed by atoms with Crippen molar-refractivity contribution in [1.82, 2.24) is 0 Å². The molecule has 0 aromatic rings. The monoisotopic (exact) mass is 714 g/mol. The molecule has 7 fully saturated rings. The number of carboxylic acids is 1. The molecule has 11 heteroatoms. The minimum Gasteiger partial charge on any atom is -0.481 e. The first kappa shape index (κ1) is 37.0. The van der Waals surface area contributed by atoms with Crippen LogP contribution in [0.5, 0.6) is 0 Å². The molecule has 0 spiro atoms. The SMILES string of the molecule is CCCCCCC(=O)OC1C2OC3(OCC45CC6C(C)CCC6C6(C=O)CC4C=C(C(C)C)C65C(=O)O)OC2OC1C3OC(=O)CCCCCC. The van der Waals surface area contributed by atoms with Gasteiger partial charge in [-0.15, -0.1) is 0 Å². The Bertz CT molecular complexity index is 1410. The smallest absolute Gasteiger partial charge is 0.328 e. The van der Waals surface area contributed by atoms with Gasteiger partial charge in [0, 0.05) is 18.3 Å². The highest BCUT2D eigenvalue weighted by Gasteiger charge is 2.85. The largest absolute Gasteiger partial charge is 0.481 e. The van der Waals surface area contributed by atoms with Crippen LogP contribution in [0.1, 0.15) is 125 Å². The van der Waals surface area contributed by atoms with Crippen LogP contribution in [0.4, 0.5) is 0 Å². The molecule has 4 saturated heterocycles. The Kier molecular flexibility index (Phi) is 10.0. The van der Waals surface area contributed by atoms with Crippen LogP contribution in [-0.4, -0.2) is 72.6 Å². The van der Waals surface area contributed by atoms with Crippen molar-refractivity contribution in [2.45, 2.75) is 161 Å². The molecular weight excluding hydrogens is 656 g/mol. The van der Waals surface area contributed by atoms with Crippen LogP contribution in [-0.2, 0) is 47.6 Å². The van der Waals surface area contributed by atoms with E-state index in [4.69, 9.17) is 28.4 Å². The molecule has 0 aromatic carbocycles. The fraction of sp³-hybridized carbons (Fsp3) is 0.850. The van der Waals surface area contributed by atoms with E-state index in [2.05, 4.69) is 26.8 Å². The van der Waals surface area contributed by atoms with Crippen LogP contribution in [0.2, 0.25) is 0 Å². The topological polar surface area (TPSA) is 144 Å². The number of hydrogen-bond acceptors (Lipinski definition) is 10. The maximum Gasteiger partial charge on any atom is 0.328 e. The zero-order chi connectivity index (χ0) is 36.3. The Labute approximate surface area is 301 Å². The molecule has 8 rings (SSSR count). The summed E-state index contributed by atoms with van der Waals surface area (Å²) in [5.74, 6) is -3.47. The molecule has 0 aromatic heterocycles. The molecule has 4 heterocycles. The summed E-state index contributed by atoms with van der Waals surface area (Å²) in [6, 6.07) is 0. The predicted octanol–water partition coefficient (Wildman–Crippen LogP) is 6.50. The van der Waals surface area contributed by atoms with Crippen LogP contribution in [0, 0.1) is 45.8 Å². The van der Waals surface area contributed by atoms with Crippen molar-refractivity contribution in [3.8, 4) is 0 Å². The summed E-state index contributed by atoms with van der Waals surface area (Å²) in [4.78, 5) is 53.8. The second-order valence-corrected chi connectivity index (χ2v) is 17.0. The van der Waals surface area contributed by atoms with Gasteiger partial charge >= 0.3 is 23.9 Å². The molecule has 284 valence electrons. The van der Waals surface area contributed by atoms with Gasteiger partial charge in [-0.1, -0.05) is 91.2 Å². The molecule has 0 amide bonds. The lowest BCUT2D eigenvalue weighted by atomic mass is 9.43. The minimum atomic E-state index is -1.88. The highest BCUT2D eigenvalue weighted by molar-refractivity contribution is 5.90. The highest BCUT2D eigenvalue weighted by atomic mass is 17.0. The molecule has 4 aliphatic heterocycles. The number of aliphatic carboxylic acids is 1. The van der Waals surface area contributed by atoms with Gasteiger partial charge in [-0.25, -0.2) is 0 Å². The Morgan fingerprint density at radius 1 is 0.941 bits per heavy atom. The van der Waals surface area contributed by atoms with E-state index in [1.54, 1.807) is 0 Å². The zero-order valence-corrected chi connectivity index (χ0v) is 31.1. The standard InChI is InChI=1S/C40H58O11/c1-6-8-10-12-14-29(42)47-31-32-34(48-30(43)15-13-11-9-7-2)40(50-33(31)35(49-32)51-40)46-22-38-20-26-24(5)16-17-27(26)37(21-41)19-25(38)18-28(23(3)4)39(37,38)36(44)45/h18,21,23-27,31-35H,6-17,19-20,22H2,1-5H3,(H,44,45). The summed E-state index contributed by atoms with van der Waals surface area (Å²) >= 11 is 0. The maximum atomic E-state index is 14.0. The van der Waals surface area contributed by atoms with Crippen LogP contribution in [0.15, 0.2) is 11.6 Å². The lowest BCUT2D eigenvalue weighted by Crippen LogP contribution is -2.66. The second kappa shape index (κ2) is 13.8. The predicted molar refractivity (Wildman–Crippen MR) is 183 cm³/mol. The third-order valence-corrected chi connectivity index (χ3v) is 14.1. The molecule has 13 atom stereocenters. The number of fused-ring (bicyclic) bond motifs is 2. The van der Waals surface area contributed by atoms with Gasteiger partial charge < -0.3 is 33.6 Å². The molecule has 8 aliphatic rings. The molecule has 11 nitrogen and oxygen atoms in total. The Morgan fingerprint density at radius 2 is 1.63 bits per heavy atom. The fourth-order valence-electron chi connectivity index (χ4n) is 11.9. The molecule has 8 bridgehead atoms. The Balaban J connectivity index is 1.19. The molecule has 51 heavy (non-hydrogen) atoms. The van der Waals surface area contributed by atoms with E-state index < -0.39 is 64.9 Å². The van der Waals surface area contributed by atoms with Crippen LogP contribution >= 0.6 is 0 Å².